The van der Waals surface area contributed by atoms with Crippen molar-refractivity contribution in [3.63, 3.8) is 0 Å². The van der Waals surface area contributed by atoms with Gasteiger partial charge in [-0.2, -0.15) is 0 Å². The zero-order valence-corrected chi connectivity index (χ0v) is 11.3. The van der Waals surface area contributed by atoms with Crippen LogP contribution in [-0.2, 0) is 0 Å². The number of aryl methyl sites for hydroxylation is 1. The van der Waals surface area contributed by atoms with Gasteiger partial charge in [0.2, 0.25) is 0 Å². The Kier molecular flexibility index (Phi) is 3.56. The monoisotopic (exact) mass is 293 g/mol. The third-order valence-electron chi connectivity index (χ3n) is 2.22. The van der Waals surface area contributed by atoms with Gasteiger partial charge in [-0.3, -0.25) is 0 Å². The highest BCUT2D eigenvalue weighted by Crippen LogP contribution is 2.32. The third kappa shape index (κ3) is 2.80. The zero-order valence-electron chi connectivity index (χ0n) is 8.91. The summed E-state index contributed by atoms with van der Waals surface area (Å²) in [5.74, 6) is 0. The molecule has 82 valence electrons. The van der Waals surface area contributed by atoms with Gasteiger partial charge in [0.1, 0.15) is 0 Å². The van der Waals surface area contributed by atoms with E-state index in [9.17, 15) is 0 Å². The molecule has 3 heteroatoms. The van der Waals surface area contributed by atoms with E-state index in [0.29, 0.717) is 0 Å². The molecule has 0 spiro atoms. The second-order valence-electron chi connectivity index (χ2n) is 3.58. The SMILES string of the molecule is Cc1cc(N)ccc1Sc1cccc(Br)c1. The number of anilines is 1. The van der Waals surface area contributed by atoms with Crippen molar-refractivity contribution in [1.82, 2.24) is 0 Å². The molecule has 0 heterocycles. The molecule has 1 nitrogen and oxygen atoms in total. The average molecular weight is 294 g/mol. The molecule has 0 aliphatic rings. The van der Waals surface area contributed by atoms with Gasteiger partial charge in [0.05, 0.1) is 0 Å². The van der Waals surface area contributed by atoms with Crippen LogP contribution in [0.4, 0.5) is 5.69 Å². The van der Waals surface area contributed by atoms with Gasteiger partial charge in [0.15, 0.2) is 0 Å². The molecular formula is C13H12BrNS. The molecule has 16 heavy (non-hydrogen) atoms. The van der Waals surface area contributed by atoms with Crippen LogP contribution in [0, 0.1) is 6.92 Å². The van der Waals surface area contributed by atoms with E-state index in [1.807, 2.05) is 24.3 Å². The van der Waals surface area contributed by atoms with Gasteiger partial charge in [0.25, 0.3) is 0 Å². The Morgan fingerprint density at radius 3 is 2.62 bits per heavy atom. The molecule has 2 rings (SSSR count). The molecule has 0 atom stereocenters. The summed E-state index contributed by atoms with van der Waals surface area (Å²) in [7, 11) is 0. The minimum absolute atomic E-state index is 0.816. The molecule has 2 N–H and O–H groups in total. The zero-order chi connectivity index (χ0) is 11.5. The summed E-state index contributed by atoms with van der Waals surface area (Å²) in [6.07, 6.45) is 0. The summed E-state index contributed by atoms with van der Waals surface area (Å²) >= 11 is 5.22. The van der Waals surface area contributed by atoms with Crippen LogP contribution < -0.4 is 5.73 Å². The van der Waals surface area contributed by atoms with Crippen molar-refractivity contribution < 1.29 is 0 Å². The largest absolute Gasteiger partial charge is 0.399 e. The molecule has 0 bridgehead atoms. The van der Waals surface area contributed by atoms with Gasteiger partial charge in [-0.15, -0.1) is 0 Å². The molecular weight excluding hydrogens is 282 g/mol. The number of benzene rings is 2. The van der Waals surface area contributed by atoms with E-state index in [4.69, 9.17) is 5.73 Å². The number of halogens is 1. The molecule has 0 fully saturated rings. The van der Waals surface area contributed by atoms with Crippen molar-refractivity contribution in [1.29, 1.82) is 0 Å². The summed E-state index contributed by atoms with van der Waals surface area (Å²) in [6.45, 7) is 2.08. The fraction of sp³-hybridized carbons (Fsp3) is 0.0769. The van der Waals surface area contributed by atoms with Crippen LogP contribution in [0.2, 0.25) is 0 Å². The Bertz CT molecular complexity index is 511. The van der Waals surface area contributed by atoms with Crippen LogP contribution in [-0.4, -0.2) is 0 Å². The summed E-state index contributed by atoms with van der Waals surface area (Å²) < 4.78 is 1.10. The smallest absolute Gasteiger partial charge is 0.0317 e. The van der Waals surface area contributed by atoms with E-state index in [1.54, 1.807) is 11.8 Å². The first-order valence-electron chi connectivity index (χ1n) is 4.95. The molecule has 0 aliphatic carbocycles. The minimum Gasteiger partial charge on any atom is -0.399 e. The highest BCUT2D eigenvalue weighted by Gasteiger charge is 2.01. The Balaban J connectivity index is 2.27. The van der Waals surface area contributed by atoms with Crippen molar-refractivity contribution in [3.8, 4) is 0 Å². The Morgan fingerprint density at radius 2 is 1.94 bits per heavy atom. The second kappa shape index (κ2) is 4.93. The van der Waals surface area contributed by atoms with Crippen LogP contribution in [0.1, 0.15) is 5.56 Å². The highest BCUT2D eigenvalue weighted by molar-refractivity contribution is 9.10. The van der Waals surface area contributed by atoms with Crippen LogP contribution in [0.5, 0.6) is 0 Å². The van der Waals surface area contributed by atoms with Gasteiger partial charge >= 0.3 is 0 Å². The van der Waals surface area contributed by atoms with E-state index in [1.165, 1.54) is 15.4 Å². The van der Waals surface area contributed by atoms with Gasteiger partial charge in [-0.05, 0) is 48.9 Å². The Hall–Kier alpha value is -0.930. The Labute approximate surface area is 108 Å². The summed E-state index contributed by atoms with van der Waals surface area (Å²) in [4.78, 5) is 2.47. The molecule has 2 aromatic rings. The van der Waals surface area contributed by atoms with Crippen LogP contribution >= 0.6 is 27.7 Å². The third-order valence-corrected chi connectivity index (χ3v) is 3.88. The van der Waals surface area contributed by atoms with Crippen molar-refractivity contribution in [3.05, 3.63) is 52.5 Å². The predicted molar refractivity (Wildman–Crippen MR) is 73.9 cm³/mol. The normalized spacial score (nSPS) is 10.4. The molecule has 0 aliphatic heterocycles. The van der Waals surface area contributed by atoms with E-state index in [0.717, 1.165) is 10.2 Å². The fourth-order valence-corrected chi connectivity index (χ4v) is 2.94. The van der Waals surface area contributed by atoms with Crippen LogP contribution in [0.3, 0.4) is 0 Å². The molecule has 0 saturated heterocycles. The first kappa shape index (κ1) is 11.6. The van der Waals surface area contributed by atoms with Gasteiger partial charge < -0.3 is 5.73 Å². The maximum Gasteiger partial charge on any atom is 0.0317 e. The molecule has 0 amide bonds. The van der Waals surface area contributed by atoms with E-state index >= 15 is 0 Å². The molecule has 0 unspecified atom stereocenters. The topological polar surface area (TPSA) is 26.0 Å². The molecule has 0 aromatic heterocycles. The summed E-state index contributed by atoms with van der Waals surface area (Å²) in [6, 6.07) is 14.3. The van der Waals surface area contributed by atoms with Gasteiger partial charge in [0, 0.05) is 20.0 Å². The lowest BCUT2D eigenvalue weighted by atomic mass is 10.2. The van der Waals surface area contributed by atoms with E-state index in [-0.39, 0.29) is 0 Å². The molecule has 0 radical (unpaired) electrons. The second-order valence-corrected chi connectivity index (χ2v) is 5.62. The average Bonchev–Trinajstić information content (AvgIpc) is 2.22. The van der Waals surface area contributed by atoms with E-state index in [2.05, 4.69) is 41.1 Å². The molecule has 0 saturated carbocycles. The first-order chi connectivity index (χ1) is 7.65. The number of rotatable bonds is 2. The van der Waals surface area contributed by atoms with Crippen molar-refractivity contribution >= 4 is 33.4 Å². The van der Waals surface area contributed by atoms with Gasteiger partial charge in [-0.1, -0.05) is 33.8 Å². The number of nitrogens with two attached hydrogens (primary N) is 1. The van der Waals surface area contributed by atoms with Crippen molar-refractivity contribution in [2.75, 3.05) is 5.73 Å². The van der Waals surface area contributed by atoms with Gasteiger partial charge in [-0.25, -0.2) is 0 Å². The standard InChI is InChI=1S/C13H12BrNS/c1-9-7-11(15)5-6-13(9)16-12-4-2-3-10(14)8-12/h2-8H,15H2,1H3. The number of hydrogen-bond donors (Lipinski definition) is 1. The predicted octanol–water partition coefficient (Wildman–Crippen LogP) is 4.49. The van der Waals surface area contributed by atoms with Crippen LogP contribution in [0.25, 0.3) is 0 Å². The Morgan fingerprint density at radius 1 is 1.12 bits per heavy atom. The summed E-state index contributed by atoms with van der Waals surface area (Å²) in [5.41, 5.74) is 7.76. The maximum absolute atomic E-state index is 5.73. The quantitative estimate of drug-likeness (QED) is 0.826. The van der Waals surface area contributed by atoms with Crippen molar-refractivity contribution in [2.24, 2.45) is 0 Å². The van der Waals surface area contributed by atoms with E-state index < -0.39 is 0 Å². The highest BCUT2D eigenvalue weighted by atomic mass is 79.9. The number of hydrogen-bond acceptors (Lipinski definition) is 2. The summed E-state index contributed by atoms with van der Waals surface area (Å²) in [5, 5.41) is 0. The maximum atomic E-state index is 5.73. The minimum atomic E-state index is 0.816. The molecule has 2 aromatic carbocycles. The fourth-order valence-electron chi connectivity index (χ4n) is 1.44. The lowest BCUT2D eigenvalue weighted by molar-refractivity contribution is 1.29. The van der Waals surface area contributed by atoms with Crippen LogP contribution in [0.15, 0.2) is 56.7 Å². The first-order valence-corrected chi connectivity index (χ1v) is 6.55. The lowest BCUT2D eigenvalue weighted by Crippen LogP contribution is -1.86. The lowest BCUT2D eigenvalue weighted by Gasteiger charge is -2.06. The van der Waals surface area contributed by atoms with Crippen molar-refractivity contribution in [2.45, 2.75) is 16.7 Å². The number of nitrogen functional groups attached to an aromatic ring is 1.